The lowest BCUT2D eigenvalue weighted by atomic mass is 10.0. The number of pyridine rings is 1. The maximum atomic E-state index is 11.7. The van der Waals surface area contributed by atoms with Gasteiger partial charge in [0.15, 0.2) is 0 Å². The van der Waals surface area contributed by atoms with Crippen molar-refractivity contribution >= 4 is 5.78 Å². The van der Waals surface area contributed by atoms with E-state index in [2.05, 4.69) is 0 Å². The lowest BCUT2D eigenvalue weighted by Gasteiger charge is -2.10. The Morgan fingerprint density at radius 1 is 1.44 bits per heavy atom. The zero-order valence-corrected chi connectivity index (χ0v) is 9.61. The smallest absolute Gasteiger partial charge is 0.253 e. The third kappa shape index (κ3) is 2.23. The highest BCUT2D eigenvalue weighted by Gasteiger charge is 2.23. The molecule has 0 N–H and O–H groups in total. The van der Waals surface area contributed by atoms with Gasteiger partial charge >= 0.3 is 0 Å². The highest BCUT2D eigenvalue weighted by molar-refractivity contribution is 5.82. The number of carbonyl (C=O) groups excluding carboxylic acids is 1. The van der Waals surface area contributed by atoms with Crippen LogP contribution in [-0.2, 0) is 11.3 Å². The number of aryl methyl sites for hydroxylation is 2. The van der Waals surface area contributed by atoms with Gasteiger partial charge in [-0.1, -0.05) is 6.07 Å². The Bertz CT molecular complexity index is 447. The molecule has 1 aliphatic rings. The lowest BCUT2D eigenvalue weighted by Crippen LogP contribution is -2.23. The maximum Gasteiger partial charge on any atom is 0.253 e. The summed E-state index contributed by atoms with van der Waals surface area (Å²) in [7, 11) is 0. The lowest BCUT2D eigenvalue weighted by molar-refractivity contribution is -0.120. The summed E-state index contributed by atoms with van der Waals surface area (Å²) in [5.41, 5.74) is 0.827. The highest BCUT2D eigenvalue weighted by Crippen LogP contribution is 2.24. The van der Waals surface area contributed by atoms with Gasteiger partial charge in [0.2, 0.25) is 0 Å². The third-order valence-electron chi connectivity index (χ3n) is 3.36. The fraction of sp³-hybridized carbons (Fsp3) is 0.538. The van der Waals surface area contributed by atoms with E-state index in [4.69, 9.17) is 0 Å². The second kappa shape index (κ2) is 4.64. The molecule has 1 aromatic rings. The quantitative estimate of drug-likeness (QED) is 0.779. The zero-order chi connectivity index (χ0) is 11.5. The van der Waals surface area contributed by atoms with Crippen molar-refractivity contribution in [3.63, 3.8) is 0 Å². The van der Waals surface area contributed by atoms with Crippen LogP contribution in [0.4, 0.5) is 0 Å². The van der Waals surface area contributed by atoms with E-state index in [1.165, 1.54) is 0 Å². The van der Waals surface area contributed by atoms with Gasteiger partial charge in [-0.3, -0.25) is 9.59 Å². The molecular formula is C13H17NO2. The Balaban J connectivity index is 2.02. The molecule has 1 aromatic heterocycles. The second-order valence-electron chi connectivity index (χ2n) is 4.53. The molecule has 1 atom stereocenters. The third-order valence-corrected chi connectivity index (χ3v) is 3.36. The van der Waals surface area contributed by atoms with Crippen LogP contribution in [0.5, 0.6) is 0 Å². The Morgan fingerprint density at radius 3 is 2.94 bits per heavy atom. The first-order chi connectivity index (χ1) is 7.68. The minimum absolute atomic E-state index is 0.0629. The SMILES string of the molecule is Cc1cccn(CCC2CCCC2=O)c1=O. The van der Waals surface area contributed by atoms with Gasteiger partial charge in [0.1, 0.15) is 5.78 Å². The Hall–Kier alpha value is -1.38. The van der Waals surface area contributed by atoms with Gasteiger partial charge in [-0.15, -0.1) is 0 Å². The number of carbonyl (C=O) groups is 1. The van der Waals surface area contributed by atoms with Crippen molar-refractivity contribution in [3.05, 3.63) is 34.2 Å². The van der Waals surface area contributed by atoms with Crippen LogP contribution < -0.4 is 5.56 Å². The van der Waals surface area contributed by atoms with Crippen LogP contribution in [0.2, 0.25) is 0 Å². The summed E-state index contributed by atoms with van der Waals surface area (Å²) in [6.07, 6.45) is 5.36. The van der Waals surface area contributed by atoms with E-state index in [1.54, 1.807) is 10.8 Å². The maximum absolute atomic E-state index is 11.7. The number of aromatic nitrogens is 1. The molecule has 86 valence electrons. The van der Waals surface area contributed by atoms with Gasteiger partial charge in [0.05, 0.1) is 0 Å². The van der Waals surface area contributed by atoms with Gasteiger partial charge in [-0.2, -0.15) is 0 Å². The fourth-order valence-corrected chi connectivity index (χ4v) is 2.32. The van der Waals surface area contributed by atoms with E-state index >= 15 is 0 Å². The van der Waals surface area contributed by atoms with Crippen LogP contribution in [0.3, 0.4) is 0 Å². The van der Waals surface area contributed by atoms with Crippen LogP contribution in [-0.4, -0.2) is 10.4 Å². The van der Waals surface area contributed by atoms with Crippen LogP contribution in [0.25, 0.3) is 0 Å². The van der Waals surface area contributed by atoms with E-state index in [-0.39, 0.29) is 11.5 Å². The minimum atomic E-state index is 0.0629. The molecular weight excluding hydrogens is 202 g/mol. The van der Waals surface area contributed by atoms with E-state index < -0.39 is 0 Å². The average molecular weight is 219 g/mol. The molecule has 1 unspecified atom stereocenters. The van der Waals surface area contributed by atoms with Gasteiger partial charge in [-0.25, -0.2) is 0 Å². The predicted octanol–water partition coefficient (Wildman–Crippen LogP) is 1.92. The van der Waals surface area contributed by atoms with Crippen molar-refractivity contribution in [2.75, 3.05) is 0 Å². The van der Waals surface area contributed by atoms with Gasteiger partial charge in [-0.05, 0) is 32.3 Å². The number of ketones is 1. The summed E-state index contributed by atoms with van der Waals surface area (Å²) in [4.78, 5) is 23.2. The first kappa shape index (κ1) is 11.1. The summed E-state index contributed by atoms with van der Waals surface area (Å²) in [6.45, 7) is 2.48. The van der Waals surface area contributed by atoms with Gasteiger partial charge < -0.3 is 4.57 Å². The molecule has 0 aliphatic heterocycles. The molecule has 3 heteroatoms. The second-order valence-corrected chi connectivity index (χ2v) is 4.53. The van der Waals surface area contributed by atoms with Crippen molar-refractivity contribution < 1.29 is 4.79 Å². The largest absolute Gasteiger partial charge is 0.315 e. The van der Waals surface area contributed by atoms with Crippen molar-refractivity contribution in [3.8, 4) is 0 Å². The molecule has 0 spiro atoms. The van der Waals surface area contributed by atoms with Crippen molar-refractivity contribution in [2.45, 2.75) is 39.2 Å². The van der Waals surface area contributed by atoms with Gasteiger partial charge in [0.25, 0.3) is 5.56 Å². The number of nitrogens with zero attached hydrogens (tertiary/aromatic N) is 1. The normalized spacial score (nSPS) is 20.3. The first-order valence-electron chi connectivity index (χ1n) is 5.87. The van der Waals surface area contributed by atoms with Crippen LogP contribution in [0.15, 0.2) is 23.1 Å². The minimum Gasteiger partial charge on any atom is -0.315 e. The summed E-state index contributed by atoms with van der Waals surface area (Å²) in [5, 5.41) is 0. The molecule has 1 saturated carbocycles. The van der Waals surface area contributed by atoms with Crippen molar-refractivity contribution in [1.82, 2.24) is 4.57 Å². The summed E-state index contributed by atoms with van der Waals surface area (Å²) in [5.74, 6) is 0.563. The fourth-order valence-electron chi connectivity index (χ4n) is 2.32. The average Bonchev–Trinajstić information content (AvgIpc) is 2.67. The standard InChI is InChI=1S/C13H17NO2/c1-10-4-3-8-14(13(10)16)9-7-11-5-2-6-12(11)15/h3-4,8,11H,2,5-7,9H2,1H3. The van der Waals surface area contributed by atoms with Crippen molar-refractivity contribution in [2.24, 2.45) is 5.92 Å². The first-order valence-corrected chi connectivity index (χ1v) is 5.87. The predicted molar refractivity (Wildman–Crippen MR) is 62.4 cm³/mol. The van der Waals surface area contributed by atoms with E-state index in [0.29, 0.717) is 12.3 Å². The van der Waals surface area contributed by atoms with Gasteiger partial charge in [0, 0.05) is 30.6 Å². The molecule has 0 amide bonds. The zero-order valence-electron chi connectivity index (χ0n) is 9.61. The molecule has 0 aromatic carbocycles. The van der Waals surface area contributed by atoms with Crippen LogP contribution in [0.1, 0.15) is 31.2 Å². The van der Waals surface area contributed by atoms with Crippen molar-refractivity contribution in [1.29, 1.82) is 0 Å². The molecule has 1 heterocycles. The monoisotopic (exact) mass is 219 g/mol. The summed E-state index contributed by atoms with van der Waals surface area (Å²) >= 11 is 0. The van der Waals surface area contributed by atoms with E-state index in [9.17, 15) is 9.59 Å². The number of hydrogen-bond acceptors (Lipinski definition) is 2. The molecule has 1 aliphatic carbocycles. The number of hydrogen-bond donors (Lipinski definition) is 0. The molecule has 16 heavy (non-hydrogen) atoms. The molecule has 2 rings (SSSR count). The Morgan fingerprint density at radius 2 is 2.25 bits per heavy atom. The molecule has 1 fully saturated rings. The summed E-state index contributed by atoms with van der Waals surface area (Å²) in [6, 6.07) is 3.70. The van der Waals surface area contributed by atoms with Crippen LogP contribution >= 0.6 is 0 Å². The number of Topliss-reactive ketones (excluding diaryl/α,β-unsaturated/α-hetero) is 1. The molecule has 0 bridgehead atoms. The van der Waals surface area contributed by atoms with Crippen LogP contribution in [0, 0.1) is 12.8 Å². The number of rotatable bonds is 3. The molecule has 0 radical (unpaired) electrons. The summed E-state index contributed by atoms with van der Waals surface area (Å²) < 4.78 is 1.71. The Kier molecular flexibility index (Phi) is 3.22. The van der Waals surface area contributed by atoms with E-state index in [1.807, 2.05) is 19.1 Å². The topological polar surface area (TPSA) is 39.1 Å². The Labute approximate surface area is 95.1 Å². The molecule has 0 saturated heterocycles. The molecule has 3 nitrogen and oxygen atoms in total. The van der Waals surface area contributed by atoms with E-state index in [0.717, 1.165) is 31.2 Å². The highest BCUT2D eigenvalue weighted by atomic mass is 16.1.